The van der Waals surface area contributed by atoms with Gasteiger partial charge < -0.3 is 9.80 Å². The monoisotopic (exact) mass is 357 g/mol. The fourth-order valence-electron chi connectivity index (χ4n) is 3.14. The van der Waals surface area contributed by atoms with E-state index in [1.54, 1.807) is 30.7 Å². The van der Waals surface area contributed by atoms with E-state index in [0.29, 0.717) is 18.7 Å². The van der Waals surface area contributed by atoms with Crippen LogP contribution in [0.3, 0.4) is 0 Å². The lowest BCUT2D eigenvalue weighted by Crippen LogP contribution is -2.51. The number of piperazine rings is 1. The topological polar surface area (TPSA) is 52.6 Å². The number of amides is 1. The van der Waals surface area contributed by atoms with Gasteiger partial charge in [0.15, 0.2) is 0 Å². The molecule has 0 saturated carbocycles. The molecule has 7 heteroatoms. The molecule has 1 unspecified atom stereocenters. The molecule has 6 nitrogen and oxygen atoms in total. The van der Waals surface area contributed by atoms with Gasteiger partial charge in [-0.15, -0.1) is 0 Å². The minimum atomic E-state index is -0.239. The van der Waals surface area contributed by atoms with Gasteiger partial charge in [-0.25, -0.2) is 9.37 Å². The number of halogens is 1. The SMILES string of the molecule is CC(c1ccccc1F)N(C)CC(=O)N1CCN(c2cnccn2)CC1. The van der Waals surface area contributed by atoms with E-state index in [4.69, 9.17) is 0 Å². The van der Waals surface area contributed by atoms with Crippen molar-refractivity contribution in [3.63, 3.8) is 0 Å². The summed E-state index contributed by atoms with van der Waals surface area (Å²) in [5, 5.41) is 0. The van der Waals surface area contributed by atoms with Crippen LogP contribution in [-0.4, -0.2) is 65.4 Å². The van der Waals surface area contributed by atoms with E-state index in [1.807, 2.05) is 29.8 Å². The first-order valence-corrected chi connectivity index (χ1v) is 8.79. The normalized spacial score (nSPS) is 16.0. The Morgan fingerprint density at radius 1 is 1.23 bits per heavy atom. The number of hydrogen-bond donors (Lipinski definition) is 0. The Bertz CT molecular complexity index is 734. The smallest absolute Gasteiger partial charge is 0.236 e. The minimum Gasteiger partial charge on any atom is -0.352 e. The summed E-state index contributed by atoms with van der Waals surface area (Å²) in [6.45, 7) is 4.95. The van der Waals surface area contributed by atoms with Gasteiger partial charge in [-0.2, -0.15) is 0 Å². The van der Waals surface area contributed by atoms with Crippen LogP contribution in [0.4, 0.5) is 10.2 Å². The van der Waals surface area contributed by atoms with Crippen molar-refractivity contribution in [2.45, 2.75) is 13.0 Å². The van der Waals surface area contributed by atoms with Gasteiger partial charge in [0.1, 0.15) is 11.6 Å². The molecule has 0 radical (unpaired) electrons. The number of anilines is 1. The Balaban J connectivity index is 1.53. The maximum Gasteiger partial charge on any atom is 0.236 e. The lowest BCUT2D eigenvalue weighted by atomic mass is 10.1. The number of likely N-dealkylation sites (N-methyl/N-ethyl adjacent to an activating group) is 1. The number of aromatic nitrogens is 2. The summed E-state index contributed by atoms with van der Waals surface area (Å²) < 4.78 is 14.0. The highest BCUT2D eigenvalue weighted by atomic mass is 19.1. The first kappa shape index (κ1) is 18.3. The molecule has 1 atom stereocenters. The molecule has 1 aromatic heterocycles. The van der Waals surface area contributed by atoms with Crippen molar-refractivity contribution in [3.8, 4) is 0 Å². The van der Waals surface area contributed by atoms with Crippen LogP contribution < -0.4 is 4.90 Å². The zero-order chi connectivity index (χ0) is 18.5. The van der Waals surface area contributed by atoms with Crippen LogP contribution >= 0.6 is 0 Å². The predicted octanol–water partition coefficient (Wildman–Crippen LogP) is 1.96. The van der Waals surface area contributed by atoms with Gasteiger partial charge in [0.05, 0.1) is 12.7 Å². The van der Waals surface area contributed by atoms with Crippen molar-refractivity contribution in [1.82, 2.24) is 19.8 Å². The molecule has 1 aromatic carbocycles. The standard InChI is InChI=1S/C19H24FN5O/c1-15(16-5-3-4-6-17(16)20)23(2)14-19(26)25-11-9-24(10-12-25)18-13-21-7-8-22-18/h3-8,13,15H,9-12,14H2,1-2H3. The number of hydrogen-bond acceptors (Lipinski definition) is 5. The van der Waals surface area contributed by atoms with E-state index < -0.39 is 0 Å². The van der Waals surface area contributed by atoms with Crippen molar-refractivity contribution in [1.29, 1.82) is 0 Å². The molecular weight excluding hydrogens is 333 g/mol. The van der Waals surface area contributed by atoms with Crippen molar-refractivity contribution in [3.05, 3.63) is 54.2 Å². The first-order chi connectivity index (χ1) is 12.6. The molecule has 0 bridgehead atoms. The third-order valence-corrected chi connectivity index (χ3v) is 4.91. The van der Waals surface area contributed by atoms with Crippen LogP contribution in [0.2, 0.25) is 0 Å². The van der Waals surface area contributed by atoms with Crippen LogP contribution in [0.1, 0.15) is 18.5 Å². The van der Waals surface area contributed by atoms with E-state index in [0.717, 1.165) is 18.9 Å². The number of carbonyl (C=O) groups is 1. The molecule has 26 heavy (non-hydrogen) atoms. The van der Waals surface area contributed by atoms with Crippen LogP contribution in [0, 0.1) is 5.82 Å². The molecule has 1 saturated heterocycles. The maximum atomic E-state index is 14.0. The van der Waals surface area contributed by atoms with E-state index in [2.05, 4.69) is 14.9 Å². The van der Waals surface area contributed by atoms with Gasteiger partial charge in [-0.3, -0.25) is 14.7 Å². The summed E-state index contributed by atoms with van der Waals surface area (Å²) >= 11 is 0. The van der Waals surface area contributed by atoms with E-state index in [1.165, 1.54) is 6.07 Å². The summed E-state index contributed by atoms with van der Waals surface area (Å²) in [4.78, 5) is 26.9. The average Bonchev–Trinajstić information content (AvgIpc) is 2.68. The van der Waals surface area contributed by atoms with Crippen LogP contribution in [0.15, 0.2) is 42.9 Å². The number of carbonyl (C=O) groups excluding carboxylic acids is 1. The van der Waals surface area contributed by atoms with Gasteiger partial charge in [-0.1, -0.05) is 18.2 Å². The lowest BCUT2D eigenvalue weighted by molar-refractivity contribution is -0.132. The highest BCUT2D eigenvalue weighted by Gasteiger charge is 2.24. The maximum absolute atomic E-state index is 14.0. The third-order valence-electron chi connectivity index (χ3n) is 4.91. The summed E-state index contributed by atoms with van der Waals surface area (Å²) in [7, 11) is 1.85. The van der Waals surface area contributed by atoms with E-state index in [9.17, 15) is 9.18 Å². The Morgan fingerprint density at radius 3 is 2.62 bits per heavy atom. The number of nitrogens with zero attached hydrogens (tertiary/aromatic N) is 5. The number of rotatable bonds is 5. The second-order valence-corrected chi connectivity index (χ2v) is 6.54. The minimum absolute atomic E-state index is 0.0643. The molecule has 138 valence electrons. The van der Waals surface area contributed by atoms with Crippen molar-refractivity contribution < 1.29 is 9.18 Å². The summed E-state index contributed by atoms with van der Waals surface area (Å²) in [5.74, 6) is 0.663. The molecule has 2 aromatic rings. The Labute approximate surface area is 153 Å². The largest absolute Gasteiger partial charge is 0.352 e. The van der Waals surface area contributed by atoms with Crippen LogP contribution in [0.25, 0.3) is 0 Å². The molecule has 0 spiro atoms. The average molecular weight is 357 g/mol. The van der Waals surface area contributed by atoms with Crippen molar-refractivity contribution in [2.75, 3.05) is 44.7 Å². The zero-order valence-corrected chi connectivity index (χ0v) is 15.2. The van der Waals surface area contributed by atoms with Gasteiger partial charge in [0.2, 0.25) is 5.91 Å². The second kappa shape index (κ2) is 8.23. The molecule has 1 amide bonds. The predicted molar refractivity (Wildman–Crippen MR) is 98.3 cm³/mol. The Hall–Kier alpha value is -2.54. The van der Waals surface area contributed by atoms with E-state index in [-0.39, 0.29) is 24.3 Å². The van der Waals surface area contributed by atoms with Crippen molar-refractivity contribution >= 4 is 11.7 Å². The van der Waals surface area contributed by atoms with Gasteiger partial charge >= 0.3 is 0 Å². The van der Waals surface area contributed by atoms with Crippen molar-refractivity contribution in [2.24, 2.45) is 0 Å². The molecule has 1 aliphatic heterocycles. The zero-order valence-electron chi connectivity index (χ0n) is 15.2. The fraction of sp³-hybridized carbons (Fsp3) is 0.421. The van der Waals surface area contributed by atoms with Crippen LogP contribution in [-0.2, 0) is 4.79 Å². The molecule has 3 rings (SSSR count). The highest BCUT2D eigenvalue weighted by Crippen LogP contribution is 2.21. The number of benzene rings is 1. The molecule has 2 heterocycles. The first-order valence-electron chi connectivity index (χ1n) is 8.79. The van der Waals surface area contributed by atoms with Gasteiger partial charge in [-0.05, 0) is 20.0 Å². The summed E-state index contributed by atoms with van der Waals surface area (Å²) in [6.07, 6.45) is 5.06. The molecule has 1 fully saturated rings. The molecular formula is C19H24FN5O. The molecule has 0 N–H and O–H groups in total. The van der Waals surface area contributed by atoms with Crippen LogP contribution in [0.5, 0.6) is 0 Å². The van der Waals surface area contributed by atoms with E-state index >= 15 is 0 Å². The lowest BCUT2D eigenvalue weighted by Gasteiger charge is -2.36. The Kier molecular flexibility index (Phi) is 5.78. The Morgan fingerprint density at radius 2 is 1.96 bits per heavy atom. The molecule has 0 aliphatic carbocycles. The highest BCUT2D eigenvalue weighted by molar-refractivity contribution is 5.78. The molecule has 1 aliphatic rings. The summed E-state index contributed by atoms with van der Waals surface area (Å²) in [6, 6.07) is 6.54. The van der Waals surface area contributed by atoms with Gasteiger partial charge in [0, 0.05) is 50.2 Å². The second-order valence-electron chi connectivity index (χ2n) is 6.54. The van der Waals surface area contributed by atoms with Gasteiger partial charge in [0.25, 0.3) is 0 Å². The quantitative estimate of drug-likeness (QED) is 0.819. The summed E-state index contributed by atoms with van der Waals surface area (Å²) in [5.41, 5.74) is 0.607. The third kappa shape index (κ3) is 4.16. The fourth-order valence-corrected chi connectivity index (χ4v) is 3.14.